The van der Waals surface area contributed by atoms with Crippen LogP contribution in [0.5, 0.6) is 0 Å². The Balaban J connectivity index is 2.22. The molecule has 0 aliphatic rings. The van der Waals surface area contributed by atoms with E-state index in [0.29, 0.717) is 6.04 Å². The Morgan fingerprint density at radius 1 is 1.00 bits per heavy atom. The van der Waals surface area contributed by atoms with E-state index in [1.54, 1.807) is 0 Å². The normalized spacial score (nSPS) is 12.4. The highest BCUT2D eigenvalue weighted by Crippen LogP contribution is 2.20. The summed E-state index contributed by atoms with van der Waals surface area (Å²) in [6.07, 6.45) is 1.000. The summed E-state index contributed by atoms with van der Waals surface area (Å²) >= 11 is 0. The van der Waals surface area contributed by atoms with Crippen LogP contribution in [0.4, 0.5) is 0 Å². The smallest absolute Gasteiger partial charge is 0.0379 e. The second-order valence-electron chi connectivity index (χ2n) is 5.21. The molecule has 1 aromatic carbocycles. The van der Waals surface area contributed by atoms with Crippen molar-refractivity contribution in [2.75, 3.05) is 7.05 Å². The van der Waals surface area contributed by atoms with E-state index in [9.17, 15) is 0 Å². The molecule has 1 unspecified atom stereocenters. The molecule has 0 saturated carbocycles. The van der Waals surface area contributed by atoms with Gasteiger partial charge >= 0.3 is 0 Å². The minimum atomic E-state index is 0.336. The molecule has 100 valence electrons. The third kappa shape index (κ3) is 3.65. The van der Waals surface area contributed by atoms with Crippen molar-refractivity contribution in [1.29, 1.82) is 0 Å². The number of nitrogens with one attached hydrogen (secondary N) is 1. The van der Waals surface area contributed by atoms with Crippen LogP contribution >= 0.6 is 0 Å². The predicted octanol–water partition coefficient (Wildman–Crippen LogP) is 3.51. The van der Waals surface area contributed by atoms with E-state index in [2.05, 4.69) is 67.5 Å². The van der Waals surface area contributed by atoms with Gasteiger partial charge in [0.05, 0.1) is 0 Å². The third-order valence-corrected chi connectivity index (χ3v) is 3.42. The van der Waals surface area contributed by atoms with Gasteiger partial charge in [-0.2, -0.15) is 0 Å². The van der Waals surface area contributed by atoms with Crippen molar-refractivity contribution in [2.45, 2.75) is 33.2 Å². The number of aromatic nitrogens is 1. The molecule has 2 aromatic rings. The van der Waals surface area contributed by atoms with Crippen molar-refractivity contribution < 1.29 is 0 Å². The fourth-order valence-electron chi connectivity index (χ4n) is 2.41. The molecule has 1 atom stereocenters. The highest BCUT2D eigenvalue weighted by molar-refractivity contribution is 5.28. The lowest BCUT2D eigenvalue weighted by atomic mass is 9.98. The van der Waals surface area contributed by atoms with Gasteiger partial charge in [0, 0.05) is 17.4 Å². The first-order chi connectivity index (χ1) is 9.08. The van der Waals surface area contributed by atoms with Crippen molar-refractivity contribution in [3.8, 4) is 0 Å². The molecule has 1 heterocycles. The van der Waals surface area contributed by atoms with Crippen LogP contribution in [0.1, 0.15) is 34.1 Å². The molecule has 19 heavy (non-hydrogen) atoms. The van der Waals surface area contributed by atoms with E-state index in [-0.39, 0.29) is 0 Å². The number of nitrogens with zero attached hydrogens (tertiary/aromatic N) is 1. The first-order valence-corrected chi connectivity index (χ1v) is 6.76. The lowest BCUT2D eigenvalue weighted by Crippen LogP contribution is -2.19. The van der Waals surface area contributed by atoms with Gasteiger partial charge in [0.15, 0.2) is 0 Å². The fourth-order valence-corrected chi connectivity index (χ4v) is 2.41. The molecule has 1 aromatic heterocycles. The van der Waals surface area contributed by atoms with Gasteiger partial charge in [0.1, 0.15) is 0 Å². The number of rotatable bonds is 4. The van der Waals surface area contributed by atoms with Crippen LogP contribution in [0.25, 0.3) is 0 Å². The maximum Gasteiger partial charge on any atom is 0.0379 e. The largest absolute Gasteiger partial charge is 0.313 e. The number of hydrogen-bond acceptors (Lipinski definition) is 2. The third-order valence-electron chi connectivity index (χ3n) is 3.42. The Kier molecular flexibility index (Phi) is 4.33. The van der Waals surface area contributed by atoms with E-state index in [1.165, 1.54) is 16.7 Å². The van der Waals surface area contributed by atoms with E-state index in [1.807, 2.05) is 7.05 Å². The molecule has 0 aliphatic carbocycles. The molecule has 0 spiro atoms. The summed E-state index contributed by atoms with van der Waals surface area (Å²) < 4.78 is 0. The van der Waals surface area contributed by atoms with Gasteiger partial charge in [-0.3, -0.25) is 4.98 Å². The quantitative estimate of drug-likeness (QED) is 0.903. The SMILES string of the molecule is CNC(Cc1ccc(C)cc1)c1cc(C)nc(C)c1. The molecule has 0 radical (unpaired) electrons. The van der Waals surface area contributed by atoms with Crippen LogP contribution in [0.15, 0.2) is 36.4 Å². The lowest BCUT2D eigenvalue weighted by Gasteiger charge is -2.18. The number of aryl methyl sites for hydroxylation is 3. The first kappa shape index (κ1) is 13.8. The summed E-state index contributed by atoms with van der Waals surface area (Å²) in [4.78, 5) is 4.44. The Labute approximate surface area is 115 Å². The summed E-state index contributed by atoms with van der Waals surface area (Å²) in [5.74, 6) is 0. The molecule has 0 bridgehead atoms. The van der Waals surface area contributed by atoms with Gasteiger partial charge in [0.2, 0.25) is 0 Å². The van der Waals surface area contributed by atoms with Crippen molar-refractivity contribution in [3.05, 3.63) is 64.5 Å². The van der Waals surface area contributed by atoms with Crippen LogP contribution in [0, 0.1) is 20.8 Å². The summed E-state index contributed by atoms with van der Waals surface area (Å²) in [6.45, 7) is 6.22. The molecular weight excluding hydrogens is 232 g/mol. The summed E-state index contributed by atoms with van der Waals surface area (Å²) in [6, 6.07) is 13.4. The average Bonchev–Trinajstić information content (AvgIpc) is 2.37. The number of likely N-dealkylation sites (N-methyl/N-ethyl adjacent to an activating group) is 1. The van der Waals surface area contributed by atoms with Crippen molar-refractivity contribution >= 4 is 0 Å². The maximum atomic E-state index is 4.44. The second kappa shape index (κ2) is 5.98. The molecular formula is C17H22N2. The van der Waals surface area contributed by atoms with E-state index in [4.69, 9.17) is 0 Å². The molecule has 2 rings (SSSR count). The van der Waals surface area contributed by atoms with Gasteiger partial charge in [0.25, 0.3) is 0 Å². The minimum absolute atomic E-state index is 0.336. The zero-order valence-electron chi connectivity index (χ0n) is 12.2. The highest BCUT2D eigenvalue weighted by atomic mass is 14.9. The summed E-state index contributed by atoms with van der Waals surface area (Å²) in [5, 5.41) is 3.41. The topological polar surface area (TPSA) is 24.9 Å². The molecule has 1 N–H and O–H groups in total. The van der Waals surface area contributed by atoms with Crippen LogP contribution < -0.4 is 5.32 Å². The van der Waals surface area contributed by atoms with Gasteiger partial charge in [-0.15, -0.1) is 0 Å². The van der Waals surface area contributed by atoms with Crippen LogP contribution in [-0.4, -0.2) is 12.0 Å². The lowest BCUT2D eigenvalue weighted by molar-refractivity contribution is 0.590. The molecule has 0 aliphatic heterocycles. The van der Waals surface area contributed by atoms with Gasteiger partial charge in [-0.1, -0.05) is 29.8 Å². The monoisotopic (exact) mass is 254 g/mol. The Morgan fingerprint density at radius 2 is 1.58 bits per heavy atom. The van der Waals surface area contributed by atoms with Crippen molar-refractivity contribution in [2.24, 2.45) is 0 Å². The number of pyridine rings is 1. The predicted molar refractivity (Wildman–Crippen MR) is 80.4 cm³/mol. The Morgan fingerprint density at radius 3 is 2.11 bits per heavy atom. The Hall–Kier alpha value is -1.67. The minimum Gasteiger partial charge on any atom is -0.313 e. The zero-order valence-corrected chi connectivity index (χ0v) is 12.2. The van der Waals surface area contributed by atoms with Gasteiger partial charge < -0.3 is 5.32 Å². The molecule has 2 heteroatoms. The number of benzene rings is 1. The van der Waals surface area contributed by atoms with E-state index >= 15 is 0 Å². The van der Waals surface area contributed by atoms with E-state index in [0.717, 1.165) is 17.8 Å². The molecule has 0 fully saturated rings. The van der Waals surface area contributed by atoms with E-state index < -0.39 is 0 Å². The standard InChI is InChI=1S/C17H22N2/c1-12-5-7-15(8-6-12)11-17(18-4)16-9-13(2)19-14(3)10-16/h5-10,17-18H,11H2,1-4H3. The molecule has 0 amide bonds. The number of hydrogen-bond donors (Lipinski definition) is 1. The molecule has 2 nitrogen and oxygen atoms in total. The molecule has 0 saturated heterocycles. The van der Waals surface area contributed by atoms with Crippen LogP contribution in [0.2, 0.25) is 0 Å². The zero-order chi connectivity index (χ0) is 13.8. The first-order valence-electron chi connectivity index (χ1n) is 6.76. The van der Waals surface area contributed by atoms with Crippen molar-refractivity contribution in [1.82, 2.24) is 10.3 Å². The highest BCUT2D eigenvalue weighted by Gasteiger charge is 2.11. The van der Waals surface area contributed by atoms with Crippen molar-refractivity contribution in [3.63, 3.8) is 0 Å². The fraction of sp³-hybridized carbons (Fsp3) is 0.353. The van der Waals surface area contributed by atoms with Gasteiger partial charge in [-0.05, 0) is 57.5 Å². The summed E-state index contributed by atoms with van der Waals surface area (Å²) in [5.41, 5.74) is 6.14. The van der Waals surface area contributed by atoms with Crippen LogP contribution in [-0.2, 0) is 6.42 Å². The van der Waals surface area contributed by atoms with Crippen LogP contribution in [0.3, 0.4) is 0 Å². The second-order valence-corrected chi connectivity index (χ2v) is 5.21. The Bertz CT molecular complexity index is 523. The summed E-state index contributed by atoms with van der Waals surface area (Å²) in [7, 11) is 2.02. The maximum absolute atomic E-state index is 4.44. The average molecular weight is 254 g/mol. The van der Waals surface area contributed by atoms with Gasteiger partial charge in [-0.25, -0.2) is 0 Å².